The van der Waals surface area contributed by atoms with Crippen LogP contribution in [0.15, 0.2) is 53.3 Å². The minimum absolute atomic E-state index is 0.143. The molecule has 2 N–H and O–H groups in total. The number of hydrogen-bond donors (Lipinski definition) is 2. The smallest absolute Gasteiger partial charge is 0.257 e. The van der Waals surface area contributed by atoms with Crippen LogP contribution in [0.3, 0.4) is 0 Å². The first-order chi connectivity index (χ1) is 9.53. The number of ether oxygens (including phenoxy) is 1. The van der Waals surface area contributed by atoms with Gasteiger partial charge in [0.05, 0.1) is 22.6 Å². The minimum atomic E-state index is -3.64. The first kappa shape index (κ1) is 14.6. The maximum Gasteiger partial charge on any atom is 0.257 e. The van der Waals surface area contributed by atoms with E-state index in [0.29, 0.717) is 11.4 Å². The Bertz CT molecular complexity index is 677. The molecule has 0 unspecified atom stereocenters. The SMILES string of the molecule is C=C(NNS(=O)(=O)c1ccc(OC)cc1)c1cccs1. The van der Waals surface area contributed by atoms with Gasteiger partial charge in [0.1, 0.15) is 5.75 Å². The van der Waals surface area contributed by atoms with E-state index in [4.69, 9.17) is 4.74 Å². The molecule has 0 spiro atoms. The molecule has 0 amide bonds. The van der Waals surface area contributed by atoms with Crippen LogP contribution >= 0.6 is 11.3 Å². The summed E-state index contributed by atoms with van der Waals surface area (Å²) in [6.45, 7) is 3.77. The highest BCUT2D eigenvalue weighted by molar-refractivity contribution is 7.89. The fourth-order valence-electron chi connectivity index (χ4n) is 1.45. The molecule has 0 fully saturated rings. The van der Waals surface area contributed by atoms with E-state index in [-0.39, 0.29) is 4.90 Å². The summed E-state index contributed by atoms with van der Waals surface area (Å²) in [6, 6.07) is 9.82. The van der Waals surface area contributed by atoms with Gasteiger partial charge in [-0.05, 0) is 35.7 Å². The molecule has 0 radical (unpaired) electrons. The van der Waals surface area contributed by atoms with Crippen LogP contribution in [-0.4, -0.2) is 15.5 Å². The summed E-state index contributed by atoms with van der Waals surface area (Å²) in [6.07, 6.45) is 0. The zero-order valence-corrected chi connectivity index (χ0v) is 12.4. The molecule has 0 saturated heterocycles. The third-order valence-electron chi connectivity index (χ3n) is 2.52. The molecule has 2 aromatic rings. The van der Waals surface area contributed by atoms with Gasteiger partial charge in [0.15, 0.2) is 0 Å². The normalized spacial score (nSPS) is 11.1. The predicted octanol–water partition coefficient (Wildman–Crippen LogP) is 2.21. The van der Waals surface area contributed by atoms with Crippen molar-refractivity contribution >= 4 is 27.1 Å². The molecule has 106 valence electrons. The number of sulfonamides is 1. The number of rotatable bonds is 6. The second-order valence-electron chi connectivity index (χ2n) is 3.86. The van der Waals surface area contributed by atoms with Crippen molar-refractivity contribution in [3.05, 3.63) is 53.2 Å². The van der Waals surface area contributed by atoms with E-state index in [1.54, 1.807) is 12.1 Å². The molecule has 0 bridgehead atoms. The summed E-state index contributed by atoms with van der Waals surface area (Å²) in [5.74, 6) is 0.597. The molecule has 0 aliphatic heterocycles. The molecule has 5 nitrogen and oxygen atoms in total. The summed E-state index contributed by atoms with van der Waals surface area (Å²) in [4.78, 5) is 3.30. The van der Waals surface area contributed by atoms with Crippen LogP contribution in [-0.2, 0) is 10.0 Å². The van der Waals surface area contributed by atoms with Crippen molar-refractivity contribution < 1.29 is 13.2 Å². The molecule has 20 heavy (non-hydrogen) atoms. The summed E-state index contributed by atoms with van der Waals surface area (Å²) >= 11 is 1.47. The number of hydrazine groups is 1. The fraction of sp³-hybridized carbons (Fsp3) is 0.0769. The molecule has 0 saturated carbocycles. The van der Waals surface area contributed by atoms with Crippen LogP contribution in [0.1, 0.15) is 4.88 Å². The topological polar surface area (TPSA) is 67.4 Å². The molecule has 0 aliphatic rings. The van der Waals surface area contributed by atoms with Gasteiger partial charge in [0.25, 0.3) is 10.0 Å². The predicted molar refractivity (Wildman–Crippen MR) is 79.8 cm³/mol. The van der Waals surface area contributed by atoms with E-state index in [1.807, 2.05) is 17.5 Å². The first-order valence-corrected chi connectivity index (χ1v) is 8.04. The maximum atomic E-state index is 12.1. The van der Waals surface area contributed by atoms with Gasteiger partial charge in [0, 0.05) is 0 Å². The van der Waals surface area contributed by atoms with Gasteiger partial charge in [-0.2, -0.15) is 0 Å². The van der Waals surface area contributed by atoms with Gasteiger partial charge in [-0.15, -0.1) is 16.2 Å². The number of methoxy groups -OCH3 is 1. The van der Waals surface area contributed by atoms with Crippen molar-refractivity contribution in [2.24, 2.45) is 0 Å². The number of nitrogens with one attached hydrogen (secondary N) is 2. The quantitative estimate of drug-likeness (QED) is 0.803. The number of thiophene rings is 1. The average molecular weight is 310 g/mol. The van der Waals surface area contributed by atoms with Crippen molar-refractivity contribution in [3.8, 4) is 5.75 Å². The molecule has 2 rings (SSSR count). The van der Waals surface area contributed by atoms with Crippen LogP contribution in [0.4, 0.5) is 0 Å². The zero-order valence-electron chi connectivity index (χ0n) is 10.8. The lowest BCUT2D eigenvalue weighted by atomic mass is 10.3. The molecular formula is C13H14N2O3S2. The lowest BCUT2D eigenvalue weighted by molar-refractivity contribution is 0.414. The molecule has 1 heterocycles. The highest BCUT2D eigenvalue weighted by Crippen LogP contribution is 2.17. The summed E-state index contributed by atoms with van der Waals surface area (Å²) in [5.41, 5.74) is 3.10. The highest BCUT2D eigenvalue weighted by Gasteiger charge is 2.14. The van der Waals surface area contributed by atoms with Crippen LogP contribution in [0.5, 0.6) is 5.75 Å². The maximum absolute atomic E-state index is 12.1. The Morgan fingerprint density at radius 1 is 1.25 bits per heavy atom. The summed E-state index contributed by atoms with van der Waals surface area (Å²) < 4.78 is 29.1. The van der Waals surface area contributed by atoms with Crippen LogP contribution in [0, 0.1) is 0 Å². The third kappa shape index (κ3) is 3.38. The van der Waals surface area contributed by atoms with Crippen LogP contribution in [0.25, 0.3) is 5.70 Å². The van der Waals surface area contributed by atoms with Gasteiger partial charge in [-0.25, -0.2) is 8.42 Å². The average Bonchev–Trinajstić information content (AvgIpc) is 2.99. The molecular weight excluding hydrogens is 296 g/mol. The van der Waals surface area contributed by atoms with Crippen LogP contribution in [0.2, 0.25) is 0 Å². The molecule has 1 aromatic carbocycles. The summed E-state index contributed by atoms with van der Waals surface area (Å²) in [7, 11) is -2.12. The van der Waals surface area contributed by atoms with Crippen LogP contribution < -0.4 is 15.0 Å². The Morgan fingerprint density at radius 2 is 1.95 bits per heavy atom. The Morgan fingerprint density at radius 3 is 2.50 bits per heavy atom. The highest BCUT2D eigenvalue weighted by atomic mass is 32.2. The number of hydrogen-bond acceptors (Lipinski definition) is 5. The van der Waals surface area contributed by atoms with E-state index < -0.39 is 10.0 Å². The van der Waals surface area contributed by atoms with Crippen molar-refractivity contribution in [1.82, 2.24) is 10.3 Å². The van der Waals surface area contributed by atoms with Crippen molar-refractivity contribution in [3.63, 3.8) is 0 Å². The van der Waals surface area contributed by atoms with Crippen molar-refractivity contribution in [1.29, 1.82) is 0 Å². The van der Waals surface area contributed by atoms with E-state index >= 15 is 0 Å². The van der Waals surface area contributed by atoms with Gasteiger partial charge in [0.2, 0.25) is 0 Å². The van der Waals surface area contributed by atoms with E-state index in [0.717, 1.165) is 4.88 Å². The second-order valence-corrected chi connectivity index (χ2v) is 6.49. The Kier molecular flexibility index (Phi) is 4.43. The van der Waals surface area contributed by atoms with Gasteiger partial charge >= 0.3 is 0 Å². The summed E-state index contributed by atoms with van der Waals surface area (Å²) in [5, 5.41) is 1.89. The second kappa shape index (κ2) is 6.08. The third-order valence-corrected chi connectivity index (χ3v) is 4.72. The van der Waals surface area contributed by atoms with Gasteiger partial charge < -0.3 is 10.2 Å². The number of benzene rings is 1. The van der Waals surface area contributed by atoms with Crippen molar-refractivity contribution in [2.45, 2.75) is 4.90 Å². The molecule has 1 aromatic heterocycles. The molecule has 7 heteroatoms. The Balaban J connectivity index is 2.05. The zero-order chi connectivity index (χ0) is 14.6. The lowest BCUT2D eigenvalue weighted by Crippen LogP contribution is -2.35. The van der Waals surface area contributed by atoms with E-state index in [9.17, 15) is 8.42 Å². The lowest BCUT2D eigenvalue weighted by Gasteiger charge is -2.10. The van der Waals surface area contributed by atoms with Gasteiger partial charge in [-0.1, -0.05) is 12.6 Å². The monoisotopic (exact) mass is 310 g/mol. The van der Waals surface area contributed by atoms with Gasteiger partial charge in [-0.3, -0.25) is 0 Å². The first-order valence-electron chi connectivity index (χ1n) is 5.67. The van der Waals surface area contributed by atoms with E-state index in [1.165, 1.54) is 30.6 Å². The Hall–Kier alpha value is -1.83. The fourth-order valence-corrected chi connectivity index (χ4v) is 2.98. The largest absolute Gasteiger partial charge is 0.497 e. The Labute approximate surface area is 121 Å². The van der Waals surface area contributed by atoms with Crippen molar-refractivity contribution in [2.75, 3.05) is 7.11 Å². The van der Waals surface area contributed by atoms with E-state index in [2.05, 4.69) is 16.8 Å². The minimum Gasteiger partial charge on any atom is -0.497 e. The molecule has 0 atom stereocenters. The molecule has 0 aliphatic carbocycles. The standard InChI is InChI=1S/C13H14N2O3S2/c1-10(13-4-3-9-19-13)14-15-20(16,17)12-7-5-11(18-2)6-8-12/h3-9,14-15H,1H2,2H3.